The molecule has 2 heteroatoms. The highest BCUT2D eigenvalue weighted by molar-refractivity contribution is 5.87. The molecule has 0 atom stereocenters. The van der Waals surface area contributed by atoms with Gasteiger partial charge in [0.2, 0.25) is 0 Å². The van der Waals surface area contributed by atoms with E-state index in [2.05, 4.69) is 69.1 Å². The maximum atomic E-state index is 5.99. The number of fused-ring (bicyclic) bond motifs is 1. The van der Waals surface area contributed by atoms with Gasteiger partial charge in [0.1, 0.15) is 12.4 Å². The molecular formula is C19H25NO. The third-order valence-corrected chi connectivity index (χ3v) is 3.62. The summed E-state index contributed by atoms with van der Waals surface area (Å²) in [4.78, 5) is 0. The van der Waals surface area contributed by atoms with Crippen LogP contribution in [0.15, 0.2) is 48.6 Å². The van der Waals surface area contributed by atoms with Crippen molar-refractivity contribution in [2.45, 2.75) is 39.8 Å². The Labute approximate surface area is 127 Å². The Kier molecular flexibility index (Phi) is 5.40. The molecule has 112 valence electrons. The third-order valence-electron chi connectivity index (χ3n) is 3.62. The molecule has 0 radical (unpaired) electrons. The minimum atomic E-state index is 0.447. The zero-order chi connectivity index (χ0) is 15.2. The van der Waals surface area contributed by atoms with Crippen molar-refractivity contribution in [2.75, 3.05) is 6.61 Å². The summed E-state index contributed by atoms with van der Waals surface area (Å²) in [5.74, 6) is 0.955. The monoisotopic (exact) mass is 283 g/mol. The molecule has 2 aromatic carbocycles. The van der Waals surface area contributed by atoms with Crippen LogP contribution >= 0.6 is 0 Å². The van der Waals surface area contributed by atoms with Crippen LogP contribution in [-0.4, -0.2) is 12.6 Å². The smallest absolute Gasteiger partial charge is 0.124 e. The quantitative estimate of drug-likeness (QED) is 0.745. The molecule has 0 spiro atoms. The fraction of sp³-hybridized carbons (Fsp3) is 0.368. The molecule has 2 nitrogen and oxygen atoms in total. The Hall–Kier alpha value is -1.80. The van der Waals surface area contributed by atoms with Gasteiger partial charge in [0.25, 0.3) is 0 Å². The van der Waals surface area contributed by atoms with Crippen molar-refractivity contribution >= 4 is 10.8 Å². The second-order valence-corrected chi connectivity index (χ2v) is 5.69. The largest absolute Gasteiger partial charge is 0.489 e. The van der Waals surface area contributed by atoms with Crippen LogP contribution in [0.3, 0.4) is 0 Å². The first-order valence-electron chi connectivity index (χ1n) is 7.65. The lowest BCUT2D eigenvalue weighted by atomic mass is 10.0. The van der Waals surface area contributed by atoms with Gasteiger partial charge >= 0.3 is 0 Å². The average molecular weight is 283 g/mol. The molecule has 0 aliphatic rings. The minimum absolute atomic E-state index is 0.447. The highest BCUT2D eigenvalue weighted by Crippen LogP contribution is 2.28. The second kappa shape index (κ2) is 7.28. The molecular weight excluding hydrogens is 258 g/mol. The number of hydrogen-bond acceptors (Lipinski definition) is 2. The SMILES string of the molecule is C=C(CC)COc1ccc2ccccc2c1CNC(C)C. The van der Waals surface area contributed by atoms with Gasteiger partial charge in [0.05, 0.1) is 0 Å². The molecule has 0 aromatic heterocycles. The predicted molar refractivity (Wildman–Crippen MR) is 90.8 cm³/mol. The highest BCUT2D eigenvalue weighted by atomic mass is 16.5. The standard InChI is InChI=1S/C19H25NO/c1-5-15(4)13-21-19-11-10-16-8-6-7-9-17(16)18(19)12-20-14(2)3/h6-11,14,20H,4-5,12-13H2,1-3H3. The molecule has 0 amide bonds. The van der Waals surface area contributed by atoms with Crippen molar-refractivity contribution in [3.63, 3.8) is 0 Å². The van der Waals surface area contributed by atoms with Crippen LogP contribution in [0.1, 0.15) is 32.8 Å². The summed E-state index contributed by atoms with van der Waals surface area (Å²) in [6.07, 6.45) is 0.952. The Balaban J connectivity index is 2.33. The normalized spacial score (nSPS) is 11.0. The van der Waals surface area contributed by atoms with Gasteiger partial charge in [0.15, 0.2) is 0 Å². The molecule has 0 bridgehead atoms. The van der Waals surface area contributed by atoms with Gasteiger partial charge in [-0.05, 0) is 28.8 Å². The fourth-order valence-corrected chi connectivity index (χ4v) is 2.22. The van der Waals surface area contributed by atoms with Crippen molar-refractivity contribution < 1.29 is 4.74 Å². The lowest BCUT2D eigenvalue weighted by Gasteiger charge is -2.16. The maximum absolute atomic E-state index is 5.99. The van der Waals surface area contributed by atoms with Crippen LogP contribution in [-0.2, 0) is 6.54 Å². The highest BCUT2D eigenvalue weighted by Gasteiger charge is 2.09. The Morgan fingerprint density at radius 3 is 2.67 bits per heavy atom. The molecule has 2 rings (SSSR count). The van der Waals surface area contributed by atoms with Crippen LogP contribution in [0, 0.1) is 0 Å². The molecule has 2 aromatic rings. The second-order valence-electron chi connectivity index (χ2n) is 5.69. The summed E-state index contributed by atoms with van der Waals surface area (Å²) in [5, 5.41) is 6.00. The van der Waals surface area contributed by atoms with Gasteiger partial charge in [-0.3, -0.25) is 0 Å². The van der Waals surface area contributed by atoms with E-state index < -0.39 is 0 Å². The van der Waals surface area contributed by atoms with Gasteiger partial charge in [-0.1, -0.05) is 57.7 Å². The minimum Gasteiger partial charge on any atom is -0.489 e. The Morgan fingerprint density at radius 2 is 1.95 bits per heavy atom. The predicted octanol–water partition coefficient (Wildman–Crippen LogP) is 4.68. The Bertz CT molecular complexity index is 616. The summed E-state index contributed by atoms with van der Waals surface area (Å²) in [6.45, 7) is 11.8. The van der Waals surface area contributed by atoms with Crippen LogP contribution < -0.4 is 10.1 Å². The first-order valence-corrected chi connectivity index (χ1v) is 7.65. The molecule has 0 aliphatic heterocycles. The maximum Gasteiger partial charge on any atom is 0.124 e. The molecule has 0 aliphatic carbocycles. The molecule has 21 heavy (non-hydrogen) atoms. The van der Waals surface area contributed by atoms with Crippen molar-refractivity contribution in [1.29, 1.82) is 0 Å². The van der Waals surface area contributed by atoms with Crippen LogP contribution in [0.4, 0.5) is 0 Å². The van der Waals surface area contributed by atoms with E-state index in [1.54, 1.807) is 0 Å². The lowest BCUT2D eigenvalue weighted by Crippen LogP contribution is -2.22. The van der Waals surface area contributed by atoms with Gasteiger partial charge in [-0.15, -0.1) is 0 Å². The first kappa shape index (κ1) is 15.6. The molecule has 0 saturated carbocycles. The number of benzene rings is 2. The molecule has 0 unspecified atom stereocenters. The van der Waals surface area contributed by atoms with Crippen molar-refractivity contribution in [3.05, 3.63) is 54.1 Å². The lowest BCUT2D eigenvalue weighted by molar-refractivity contribution is 0.344. The number of hydrogen-bond donors (Lipinski definition) is 1. The Morgan fingerprint density at radius 1 is 1.19 bits per heavy atom. The van der Waals surface area contributed by atoms with E-state index in [9.17, 15) is 0 Å². The molecule has 1 N–H and O–H groups in total. The zero-order valence-corrected chi connectivity index (χ0v) is 13.3. The summed E-state index contributed by atoms with van der Waals surface area (Å²) in [6, 6.07) is 13.1. The first-order chi connectivity index (χ1) is 10.1. The van der Waals surface area contributed by atoms with E-state index in [1.807, 2.05) is 0 Å². The van der Waals surface area contributed by atoms with Crippen LogP contribution in [0.5, 0.6) is 5.75 Å². The number of ether oxygens (including phenoxy) is 1. The van der Waals surface area contributed by atoms with E-state index >= 15 is 0 Å². The van der Waals surface area contributed by atoms with Gasteiger partial charge in [-0.25, -0.2) is 0 Å². The van der Waals surface area contributed by atoms with Crippen molar-refractivity contribution in [1.82, 2.24) is 5.32 Å². The third kappa shape index (κ3) is 4.08. The van der Waals surface area contributed by atoms with E-state index in [0.717, 1.165) is 24.3 Å². The zero-order valence-electron chi connectivity index (χ0n) is 13.3. The van der Waals surface area contributed by atoms with Crippen molar-refractivity contribution in [2.24, 2.45) is 0 Å². The van der Waals surface area contributed by atoms with Crippen LogP contribution in [0.25, 0.3) is 10.8 Å². The summed E-state index contributed by atoms with van der Waals surface area (Å²) in [7, 11) is 0. The molecule has 0 heterocycles. The van der Waals surface area contributed by atoms with E-state index in [1.165, 1.54) is 16.3 Å². The van der Waals surface area contributed by atoms with E-state index in [4.69, 9.17) is 4.74 Å². The summed E-state index contributed by atoms with van der Waals surface area (Å²) < 4.78 is 5.99. The van der Waals surface area contributed by atoms with Crippen LogP contribution in [0.2, 0.25) is 0 Å². The van der Waals surface area contributed by atoms with Crippen molar-refractivity contribution in [3.8, 4) is 5.75 Å². The molecule has 0 saturated heterocycles. The fourth-order valence-electron chi connectivity index (χ4n) is 2.22. The van der Waals surface area contributed by atoms with Gasteiger partial charge < -0.3 is 10.1 Å². The van der Waals surface area contributed by atoms with E-state index in [0.29, 0.717) is 12.6 Å². The molecule has 0 fully saturated rings. The number of nitrogens with one attached hydrogen (secondary N) is 1. The average Bonchev–Trinajstić information content (AvgIpc) is 2.50. The van der Waals surface area contributed by atoms with E-state index in [-0.39, 0.29) is 0 Å². The number of rotatable bonds is 7. The van der Waals surface area contributed by atoms with Gasteiger partial charge in [-0.2, -0.15) is 0 Å². The van der Waals surface area contributed by atoms with Gasteiger partial charge in [0, 0.05) is 18.2 Å². The summed E-state index contributed by atoms with van der Waals surface area (Å²) in [5.41, 5.74) is 2.34. The topological polar surface area (TPSA) is 21.3 Å². The summed E-state index contributed by atoms with van der Waals surface area (Å²) >= 11 is 0.